The number of carbonyl (C=O) groups is 1. The molecule has 0 radical (unpaired) electrons. The van der Waals surface area contributed by atoms with Gasteiger partial charge in [-0.3, -0.25) is 4.79 Å². The molecule has 36 heavy (non-hydrogen) atoms. The molecule has 5 rings (SSSR count). The molecule has 2 heterocycles. The van der Waals surface area contributed by atoms with Crippen molar-refractivity contribution < 1.29 is 13.6 Å². The molecule has 182 valence electrons. The lowest BCUT2D eigenvalue weighted by molar-refractivity contribution is 0.0937. The highest BCUT2D eigenvalue weighted by molar-refractivity contribution is 5.97. The molecule has 2 aromatic heterocycles. The monoisotopic (exact) mass is 483 g/mol. The van der Waals surface area contributed by atoms with Crippen LogP contribution >= 0.6 is 0 Å². The summed E-state index contributed by atoms with van der Waals surface area (Å²) in [6.07, 6.45) is 0. The molecule has 0 aliphatic carbocycles. The summed E-state index contributed by atoms with van der Waals surface area (Å²) < 4.78 is 30.9. The summed E-state index contributed by atoms with van der Waals surface area (Å²) in [6.45, 7) is 7.62. The van der Waals surface area contributed by atoms with Crippen LogP contribution in [0, 0.1) is 18.6 Å². The van der Waals surface area contributed by atoms with Crippen LogP contribution in [0.25, 0.3) is 27.4 Å². The van der Waals surface area contributed by atoms with Crippen LogP contribution in [0.2, 0.25) is 0 Å². The van der Waals surface area contributed by atoms with E-state index in [9.17, 15) is 13.6 Å². The highest BCUT2D eigenvalue weighted by Crippen LogP contribution is 2.35. The van der Waals surface area contributed by atoms with E-state index in [2.05, 4.69) is 28.6 Å². The van der Waals surface area contributed by atoms with E-state index in [4.69, 9.17) is 0 Å². The second-order valence-corrected chi connectivity index (χ2v) is 9.44. The van der Waals surface area contributed by atoms with Gasteiger partial charge in [-0.05, 0) is 66.4 Å². The van der Waals surface area contributed by atoms with Crippen LogP contribution in [0.15, 0.2) is 72.8 Å². The maximum atomic E-state index is 14.6. The number of halogens is 2. The second kappa shape index (κ2) is 9.19. The van der Waals surface area contributed by atoms with Crippen LogP contribution in [-0.4, -0.2) is 15.5 Å². The fraction of sp³-hybridized carbons (Fsp3) is 0.200. The first-order valence-electron chi connectivity index (χ1n) is 12.0. The Hall–Kier alpha value is -4.06. The summed E-state index contributed by atoms with van der Waals surface area (Å²) in [6, 6.07) is 21.3. The Morgan fingerprint density at radius 1 is 0.861 bits per heavy atom. The standard InChI is InChI=1S/C30H27F2N3O/c1-17(2)29-23(30(36)33-18(3)21-13-12-20-8-5-6-9-22(20)16-21)14-15-26-27(19(4)34-35(26)29)28-24(31)10-7-11-25(28)32/h5-18H,1-4H3,(H,33,36)/t18-/m1/s1. The van der Waals surface area contributed by atoms with E-state index in [1.165, 1.54) is 18.2 Å². The van der Waals surface area contributed by atoms with Crippen molar-refractivity contribution in [3.05, 3.63) is 107 Å². The van der Waals surface area contributed by atoms with Gasteiger partial charge in [0.1, 0.15) is 11.6 Å². The number of aromatic nitrogens is 2. The van der Waals surface area contributed by atoms with Gasteiger partial charge in [0.25, 0.3) is 5.91 Å². The van der Waals surface area contributed by atoms with Crippen molar-refractivity contribution in [3.8, 4) is 11.1 Å². The second-order valence-electron chi connectivity index (χ2n) is 9.44. The maximum Gasteiger partial charge on any atom is 0.253 e. The number of aryl methyl sites for hydroxylation is 1. The van der Waals surface area contributed by atoms with Crippen LogP contribution in [0.3, 0.4) is 0 Å². The first kappa shape index (κ1) is 23.7. The van der Waals surface area contributed by atoms with E-state index >= 15 is 0 Å². The SMILES string of the molecule is Cc1nn2c(C(C)C)c(C(=O)N[C@H](C)c3ccc4ccccc4c3)ccc2c1-c1c(F)cccc1F. The molecular formula is C30H27F2N3O. The van der Waals surface area contributed by atoms with E-state index in [0.29, 0.717) is 28.0 Å². The minimum absolute atomic E-state index is 0.0666. The van der Waals surface area contributed by atoms with Gasteiger partial charge in [-0.25, -0.2) is 13.3 Å². The van der Waals surface area contributed by atoms with E-state index in [1.54, 1.807) is 23.6 Å². The summed E-state index contributed by atoms with van der Waals surface area (Å²) in [4.78, 5) is 13.5. The largest absolute Gasteiger partial charge is 0.345 e. The number of nitrogens with zero attached hydrogens (tertiary/aromatic N) is 2. The third kappa shape index (κ3) is 4.02. The molecule has 0 spiro atoms. The summed E-state index contributed by atoms with van der Waals surface area (Å²) in [7, 11) is 0. The van der Waals surface area contributed by atoms with Crippen LogP contribution < -0.4 is 5.32 Å². The first-order valence-corrected chi connectivity index (χ1v) is 12.0. The molecule has 0 saturated carbocycles. The van der Waals surface area contributed by atoms with E-state index in [0.717, 1.165) is 16.3 Å². The Balaban J connectivity index is 1.55. The number of benzene rings is 3. The molecule has 1 amide bonds. The molecule has 0 aliphatic rings. The molecule has 5 aromatic rings. The minimum Gasteiger partial charge on any atom is -0.345 e. The Morgan fingerprint density at radius 3 is 2.25 bits per heavy atom. The van der Waals surface area contributed by atoms with Crippen molar-refractivity contribution in [1.29, 1.82) is 0 Å². The van der Waals surface area contributed by atoms with E-state index in [-0.39, 0.29) is 23.4 Å². The Morgan fingerprint density at radius 2 is 1.56 bits per heavy atom. The molecular weight excluding hydrogens is 456 g/mol. The van der Waals surface area contributed by atoms with Gasteiger partial charge in [0.05, 0.1) is 34.1 Å². The minimum atomic E-state index is -0.648. The van der Waals surface area contributed by atoms with Gasteiger partial charge in [-0.2, -0.15) is 5.10 Å². The van der Waals surface area contributed by atoms with Crippen molar-refractivity contribution >= 4 is 22.2 Å². The zero-order valence-electron chi connectivity index (χ0n) is 20.6. The van der Waals surface area contributed by atoms with Crippen molar-refractivity contribution in [1.82, 2.24) is 14.9 Å². The lowest BCUT2D eigenvalue weighted by atomic mass is 9.99. The van der Waals surface area contributed by atoms with Gasteiger partial charge in [0.15, 0.2) is 0 Å². The Bertz CT molecular complexity index is 1600. The van der Waals surface area contributed by atoms with Crippen LogP contribution in [0.5, 0.6) is 0 Å². The highest BCUT2D eigenvalue weighted by Gasteiger charge is 2.25. The van der Waals surface area contributed by atoms with Crippen LogP contribution in [0.1, 0.15) is 60.0 Å². The number of nitrogens with one attached hydrogen (secondary N) is 1. The maximum absolute atomic E-state index is 14.6. The molecule has 3 aromatic carbocycles. The molecule has 0 unspecified atom stereocenters. The number of carbonyl (C=O) groups excluding carboxylic acids is 1. The van der Waals surface area contributed by atoms with Crippen molar-refractivity contribution in [2.75, 3.05) is 0 Å². The third-order valence-electron chi connectivity index (χ3n) is 6.63. The Kier molecular flexibility index (Phi) is 6.04. The number of amides is 1. The third-order valence-corrected chi connectivity index (χ3v) is 6.63. The molecule has 0 aliphatic heterocycles. The molecule has 4 nitrogen and oxygen atoms in total. The summed E-state index contributed by atoms with van der Waals surface area (Å²) >= 11 is 0. The van der Waals surface area contributed by atoms with Crippen LogP contribution in [0.4, 0.5) is 8.78 Å². The fourth-order valence-corrected chi connectivity index (χ4v) is 4.87. The van der Waals surface area contributed by atoms with Gasteiger partial charge in [-0.15, -0.1) is 0 Å². The van der Waals surface area contributed by atoms with Crippen LogP contribution in [-0.2, 0) is 0 Å². The number of hydrogen-bond donors (Lipinski definition) is 1. The summed E-state index contributed by atoms with van der Waals surface area (Å²) in [5.41, 5.74) is 3.49. The zero-order chi connectivity index (χ0) is 25.6. The van der Waals surface area contributed by atoms with E-state index in [1.807, 2.05) is 45.0 Å². The molecule has 6 heteroatoms. The number of pyridine rings is 1. The lowest BCUT2D eigenvalue weighted by Gasteiger charge is -2.19. The predicted molar refractivity (Wildman–Crippen MR) is 139 cm³/mol. The summed E-state index contributed by atoms with van der Waals surface area (Å²) in [5, 5.41) is 9.97. The van der Waals surface area contributed by atoms with Crippen molar-refractivity contribution in [2.24, 2.45) is 0 Å². The fourth-order valence-electron chi connectivity index (χ4n) is 4.87. The lowest BCUT2D eigenvalue weighted by Crippen LogP contribution is -2.28. The highest BCUT2D eigenvalue weighted by atomic mass is 19.1. The molecule has 0 fully saturated rings. The first-order chi connectivity index (χ1) is 17.3. The molecule has 1 N–H and O–H groups in total. The van der Waals surface area contributed by atoms with Gasteiger partial charge < -0.3 is 5.32 Å². The zero-order valence-corrected chi connectivity index (χ0v) is 20.6. The average molecular weight is 484 g/mol. The molecule has 1 atom stereocenters. The van der Waals surface area contributed by atoms with Gasteiger partial charge >= 0.3 is 0 Å². The molecule has 0 saturated heterocycles. The van der Waals surface area contributed by atoms with Gasteiger partial charge in [-0.1, -0.05) is 56.3 Å². The van der Waals surface area contributed by atoms with Crippen molar-refractivity contribution in [2.45, 2.75) is 39.7 Å². The average Bonchev–Trinajstić information content (AvgIpc) is 3.18. The summed E-state index contributed by atoms with van der Waals surface area (Å²) in [5.74, 6) is -1.59. The van der Waals surface area contributed by atoms with E-state index < -0.39 is 11.6 Å². The smallest absolute Gasteiger partial charge is 0.253 e. The predicted octanol–water partition coefficient (Wildman–Crippen LogP) is 7.36. The number of rotatable bonds is 5. The Labute approximate surface area is 208 Å². The van der Waals surface area contributed by atoms with Crippen molar-refractivity contribution in [3.63, 3.8) is 0 Å². The topological polar surface area (TPSA) is 46.4 Å². The number of hydrogen-bond acceptors (Lipinski definition) is 2. The number of fused-ring (bicyclic) bond motifs is 2. The normalized spacial score (nSPS) is 12.4. The quantitative estimate of drug-likeness (QED) is 0.284. The van der Waals surface area contributed by atoms with Gasteiger partial charge in [0, 0.05) is 5.56 Å². The van der Waals surface area contributed by atoms with Gasteiger partial charge in [0.2, 0.25) is 0 Å². The molecule has 0 bridgehead atoms.